The van der Waals surface area contributed by atoms with Crippen LogP contribution < -0.4 is 10.2 Å². The maximum absolute atomic E-state index is 14.2. The Kier molecular flexibility index (Phi) is 7.92. The Balaban J connectivity index is 1.86. The number of aryl methyl sites for hydroxylation is 3. The van der Waals surface area contributed by atoms with Crippen LogP contribution >= 0.6 is 22.9 Å². The van der Waals surface area contributed by atoms with Crippen molar-refractivity contribution in [1.29, 1.82) is 0 Å². The van der Waals surface area contributed by atoms with Crippen molar-refractivity contribution in [3.05, 3.63) is 79.8 Å². The summed E-state index contributed by atoms with van der Waals surface area (Å²) in [4.78, 5) is 34.9. The van der Waals surface area contributed by atoms with Gasteiger partial charge in [0.15, 0.2) is 0 Å². The van der Waals surface area contributed by atoms with Gasteiger partial charge in [-0.1, -0.05) is 55.1 Å². The fourth-order valence-corrected chi connectivity index (χ4v) is 5.77. The van der Waals surface area contributed by atoms with E-state index in [1.807, 2.05) is 58.0 Å². The topological polar surface area (TPSA) is 62.3 Å². The third-order valence-corrected chi connectivity index (χ3v) is 8.11. The van der Waals surface area contributed by atoms with E-state index in [1.165, 1.54) is 17.8 Å². The number of anilines is 1. The number of halogens is 1. The summed E-state index contributed by atoms with van der Waals surface area (Å²) in [5.41, 5.74) is 4.13. The van der Waals surface area contributed by atoms with E-state index in [2.05, 4.69) is 10.3 Å². The van der Waals surface area contributed by atoms with Gasteiger partial charge in [-0.25, -0.2) is 4.98 Å². The maximum Gasteiger partial charge on any atom is 0.271 e. The Morgan fingerprint density at radius 1 is 1.03 bits per heavy atom. The van der Waals surface area contributed by atoms with Gasteiger partial charge in [0.05, 0.1) is 10.7 Å². The van der Waals surface area contributed by atoms with Crippen molar-refractivity contribution in [1.82, 2.24) is 10.3 Å². The number of benzene rings is 2. The number of rotatable bonds is 6. The number of amides is 2. The van der Waals surface area contributed by atoms with Crippen molar-refractivity contribution in [2.75, 3.05) is 4.90 Å². The highest BCUT2D eigenvalue weighted by Crippen LogP contribution is 2.35. The number of nitrogens with one attached hydrogen (secondary N) is 1. The van der Waals surface area contributed by atoms with Gasteiger partial charge in [-0.2, -0.15) is 0 Å². The van der Waals surface area contributed by atoms with Gasteiger partial charge in [0.1, 0.15) is 10.9 Å². The highest BCUT2D eigenvalue weighted by Gasteiger charge is 2.36. The summed E-state index contributed by atoms with van der Waals surface area (Å²) in [6.45, 7) is 7.75. The molecule has 2 aromatic carbocycles. The Bertz CT molecular complexity index is 1220. The van der Waals surface area contributed by atoms with Crippen LogP contribution in [0.3, 0.4) is 0 Å². The van der Waals surface area contributed by atoms with E-state index in [0.29, 0.717) is 15.6 Å². The molecule has 4 rings (SSSR count). The van der Waals surface area contributed by atoms with E-state index < -0.39 is 6.04 Å². The molecule has 0 bridgehead atoms. The Hall–Kier alpha value is -2.70. The van der Waals surface area contributed by atoms with Crippen LogP contribution in [0.15, 0.2) is 42.5 Å². The minimum Gasteiger partial charge on any atom is -0.351 e. The molecule has 0 saturated heterocycles. The Morgan fingerprint density at radius 2 is 1.71 bits per heavy atom. The van der Waals surface area contributed by atoms with E-state index in [9.17, 15) is 9.59 Å². The molecule has 3 aromatic rings. The van der Waals surface area contributed by atoms with Crippen LogP contribution in [0.5, 0.6) is 0 Å². The summed E-state index contributed by atoms with van der Waals surface area (Å²) in [7, 11) is 0. The third kappa shape index (κ3) is 5.60. The van der Waals surface area contributed by atoms with Crippen LogP contribution in [0.4, 0.5) is 5.69 Å². The number of hydrogen-bond acceptors (Lipinski definition) is 4. The first-order valence-electron chi connectivity index (χ1n) is 12.2. The molecule has 1 atom stereocenters. The van der Waals surface area contributed by atoms with Crippen LogP contribution in [-0.4, -0.2) is 22.8 Å². The SMILES string of the molecule is Cc1nc(C)c(C(=O)N(c2cccc(C)c2C)C(C(=O)NC2CCCCC2)c2ccc(Cl)cc2)s1. The minimum atomic E-state index is -0.844. The Labute approximate surface area is 216 Å². The average Bonchev–Trinajstić information content (AvgIpc) is 3.18. The number of nitrogens with zero attached hydrogens (tertiary/aromatic N) is 2. The van der Waals surface area contributed by atoms with E-state index in [-0.39, 0.29) is 17.9 Å². The van der Waals surface area contributed by atoms with Gasteiger partial charge >= 0.3 is 0 Å². The van der Waals surface area contributed by atoms with Crippen LogP contribution in [0.2, 0.25) is 5.02 Å². The average molecular weight is 510 g/mol. The quantitative estimate of drug-likeness (QED) is 0.394. The molecule has 1 aliphatic carbocycles. The van der Waals surface area contributed by atoms with E-state index in [0.717, 1.165) is 53.1 Å². The zero-order valence-corrected chi connectivity index (χ0v) is 22.3. The first-order chi connectivity index (χ1) is 16.8. The van der Waals surface area contributed by atoms with Crippen molar-refractivity contribution in [3.63, 3.8) is 0 Å². The lowest BCUT2D eigenvalue weighted by Crippen LogP contribution is -2.47. The molecule has 0 aliphatic heterocycles. The monoisotopic (exact) mass is 509 g/mol. The summed E-state index contributed by atoms with van der Waals surface area (Å²) in [6, 6.07) is 12.4. The van der Waals surface area contributed by atoms with Crippen molar-refractivity contribution < 1.29 is 9.59 Å². The molecule has 184 valence electrons. The normalized spacial score (nSPS) is 15.0. The molecular weight excluding hydrogens is 478 g/mol. The van der Waals surface area contributed by atoms with Gasteiger partial charge in [0.2, 0.25) is 5.91 Å². The molecule has 1 N–H and O–H groups in total. The molecule has 0 radical (unpaired) electrons. The van der Waals surface area contributed by atoms with Crippen LogP contribution in [-0.2, 0) is 4.79 Å². The number of aromatic nitrogens is 1. The van der Waals surface area contributed by atoms with Crippen LogP contribution in [0.25, 0.3) is 0 Å². The number of carbonyl (C=O) groups is 2. The second-order valence-corrected chi connectivity index (χ2v) is 11.0. The largest absolute Gasteiger partial charge is 0.351 e. The highest BCUT2D eigenvalue weighted by atomic mass is 35.5. The second kappa shape index (κ2) is 10.9. The van der Waals surface area contributed by atoms with Gasteiger partial charge < -0.3 is 5.32 Å². The summed E-state index contributed by atoms with van der Waals surface area (Å²) >= 11 is 7.55. The lowest BCUT2D eigenvalue weighted by molar-refractivity contribution is -0.123. The summed E-state index contributed by atoms with van der Waals surface area (Å²) in [5.74, 6) is -0.395. The Morgan fingerprint density at radius 3 is 2.34 bits per heavy atom. The molecule has 1 aromatic heterocycles. The lowest BCUT2D eigenvalue weighted by Gasteiger charge is -2.34. The highest BCUT2D eigenvalue weighted by molar-refractivity contribution is 7.13. The molecule has 35 heavy (non-hydrogen) atoms. The molecule has 1 fully saturated rings. The van der Waals surface area contributed by atoms with E-state index in [1.54, 1.807) is 17.0 Å². The minimum absolute atomic E-state index is 0.119. The summed E-state index contributed by atoms with van der Waals surface area (Å²) in [6.07, 6.45) is 5.34. The standard InChI is InChI=1S/C28H32ClN3O2S/c1-17-9-8-12-24(18(17)2)32(28(34)26-19(3)30-20(4)35-26)25(21-13-15-22(29)16-14-21)27(33)31-23-10-6-5-7-11-23/h8-9,12-16,23,25H,5-7,10-11H2,1-4H3,(H,31,33). The fourth-order valence-electron chi connectivity index (χ4n) is 4.79. The van der Waals surface area contributed by atoms with Crippen molar-refractivity contribution in [2.24, 2.45) is 0 Å². The maximum atomic E-state index is 14.2. The van der Waals surface area contributed by atoms with Gasteiger partial charge in [0, 0.05) is 16.8 Å². The van der Waals surface area contributed by atoms with E-state index in [4.69, 9.17) is 11.6 Å². The van der Waals surface area contributed by atoms with Crippen molar-refractivity contribution in [2.45, 2.75) is 71.9 Å². The predicted octanol–water partition coefficient (Wildman–Crippen LogP) is 6.87. The number of hydrogen-bond donors (Lipinski definition) is 1. The molecule has 5 nitrogen and oxygen atoms in total. The zero-order chi connectivity index (χ0) is 25.1. The van der Waals surface area contributed by atoms with Crippen molar-refractivity contribution >= 4 is 40.4 Å². The fraction of sp³-hybridized carbons (Fsp3) is 0.393. The smallest absolute Gasteiger partial charge is 0.271 e. The molecular formula is C28H32ClN3O2S. The predicted molar refractivity (Wildman–Crippen MR) is 144 cm³/mol. The van der Waals surface area contributed by atoms with Crippen molar-refractivity contribution in [3.8, 4) is 0 Å². The number of carbonyl (C=O) groups excluding carboxylic acids is 2. The van der Waals surface area contributed by atoms with Gasteiger partial charge in [-0.05, 0) is 75.4 Å². The van der Waals surface area contributed by atoms with Crippen LogP contribution in [0.1, 0.15) is 75.2 Å². The first-order valence-corrected chi connectivity index (χ1v) is 13.4. The van der Waals surface area contributed by atoms with Gasteiger partial charge in [-0.15, -0.1) is 11.3 Å². The summed E-state index contributed by atoms with van der Waals surface area (Å²) in [5, 5.41) is 4.67. The molecule has 1 heterocycles. The second-order valence-electron chi connectivity index (χ2n) is 9.34. The molecule has 2 amide bonds. The third-order valence-electron chi connectivity index (χ3n) is 6.80. The summed E-state index contributed by atoms with van der Waals surface area (Å²) < 4.78 is 0. The molecule has 0 spiro atoms. The lowest BCUT2D eigenvalue weighted by atomic mass is 9.94. The van der Waals surface area contributed by atoms with Crippen LogP contribution in [0, 0.1) is 27.7 Å². The molecule has 1 unspecified atom stereocenters. The van der Waals surface area contributed by atoms with E-state index >= 15 is 0 Å². The zero-order valence-electron chi connectivity index (χ0n) is 20.7. The molecule has 1 aliphatic rings. The van der Waals surface area contributed by atoms with Gasteiger partial charge in [0.25, 0.3) is 5.91 Å². The number of thiazole rings is 1. The first kappa shape index (κ1) is 25.4. The molecule has 7 heteroatoms. The molecule has 1 saturated carbocycles. The van der Waals surface area contributed by atoms with Gasteiger partial charge in [-0.3, -0.25) is 14.5 Å².